The zero-order valence-corrected chi connectivity index (χ0v) is 71.7. The molecule has 0 aromatic heterocycles. The average molecular weight is 1380 g/mol. The van der Waals surface area contributed by atoms with Crippen molar-refractivity contribution in [3.8, 4) is 0 Å². The molecule has 0 N–H and O–H groups in total. The fourth-order valence-corrected chi connectivity index (χ4v) is 12.8. The lowest BCUT2D eigenvalue weighted by Gasteiger charge is -2.03. The highest BCUT2D eigenvalue weighted by Gasteiger charge is 2.19. The first-order chi connectivity index (χ1) is 47.3. The van der Waals surface area contributed by atoms with Crippen LogP contribution >= 0.6 is 8.25 Å². The van der Waals surface area contributed by atoms with Crippen LogP contribution in [0.4, 0.5) is 0 Å². The summed E-state index contributed by atoms with van der Waals surface area (Å²) in [6.45, 7) is 33.0. The molecule has 0 aliphatic carbocycles. The lowest BCUT2D eigenvalue weighted by molar-refractivity contribution is 0.218. The number of rotatable bonds is 74. The molecule has 0 spiro atoms. The molecule has 0 fully saturated rings. The van der Waals surface area contributed by atoms with Crippen LogP contribution < -0.4 is 0 Å². The van der Waals surface area contributed by atoms with Crippen LogP contribution in [-0.2, 0) is 13.6 Å². The lowest BCUT2D eigenvalue weighted by atomic mass is 10.0. The maximum Gasteiger partial charge on any atom is 0.697 e. The summed E-state index contributed by atoms with van der Waals surface area (Å²) < 4.78 is 22.5. The average Bonchev–Trinajstić information content (AvgIpc) is 3.71. The summed E-state index contributed by atoms with van der Waals surface area (Å²) in [5.74, 6) is 0. The zero-order valence-electron chi connectivity index (χ0n) is 70.8. The van der Waals surface area contributed by atoms with Crippen LogP contribution in [0.15, 0.2) is 0 Å². The minimum Gasteiger partial charge on any atom is -0.119 e. The first kappa shape index (κ1) is 109. The molecule has 0 rings (SSSR count). The van der Waals surface area contributed by atoms with Gasteiger partial charge in [0, 0.05) is 4.57 Å². The summed E-state index contributed by atoms with van der Waals surface area (Å²) in [6, 6.07) is 0. The van der Waals surface area contributed by atoms with Gasteiger partial charge in [-0.2, -0.15) is 0 Å². The van der Waals surface area contributed by atoms with E-state index >= 15 is 0 Å². The van der Waals surface area contributed by atoms with Gasteiger partial charge >= 0.3 is 8.25 Å². The molecule has 0 radical (unpaired) electrons. The lowest BCUT2D eigenvalue weighted by Crippen LogP contribution is -1.92. The molecule has 3 nitrogen and oxygen atoms in total. The highest BCUT2D eigenvalue weighted by atomic mass is 31.1. The van der Waals surface area contributed by atoms with E-state index in [1.54, 1.807) is 0 Å². The quantitative estimate of drug-likeness (QED) is 0.0450. The molecule has 0 bridgehead atoms. The van der Waals surface area contributed by atoms with Gasteiger partial charge in [0.25, 0.3) is 0 Å². The molecule has 4 heteroatoms. The fraction of sp³-hybridized carbons (Fsp3) is 1.00. The van der Waals surface area contributed by atoms with Gasteiger partial charge < -0.3 is 0 Å². The van der Waals surface area contributed by atoms with E-state index in [0.29, 0.717) is 13.2 Å². The molecule has 96 heavy (non-hydrogen) atoms. The summed E-state index contributed by atoms with van der Waals surface area (Å²) in [5, 5.41) is 0. The van der Waals surface area contributed by atoms with E-state index in [2.05, 4.69) is 96.9 Å². The maximum absolute atomic E-state index is 11.8. The Morgan fingerprint density at radius 2 is 0.198 bits per heavy atom. The first-order valence-corrected chi connectivity index (χ1v) is 47.1. The molecule has 0 amide bonds. The van der Waals surface area contributed by atoms with Crippen LogP contribution in [0.1, 0.15) is 585 Å². The second-order valence-electron chi connectivity index (χ2n) is 29.8. The van der Waals surface area contributed by atoms with Gasteiger partial charge in [-0.25, -0.2) is 0 Å². The van der Waals surface area contributed by atoms with Crippen molar-refractivity contribution >= 4 is 8.25 Å². The van der Waals surface area contributed by atoms with Crippen LogP contribution in [0.5, 0.6) is 0 Å². The SMILES string of the molecule is CCCCCCCCCC.CCCCCCCCCC.CCCCCCCCCC.CCCCCCCCCC.CCCCCCCCCC.CCCCCCCCCC.CCCCCCCCCCCCCCCCO[P+](=O)OCCCCCCCCCCCCCCCC. The van der Waals surface area contributed by atoms with Crippen molar-refractivity contribution in [1.82, 2.24) is 0 Å². The fourth-order valence-electron chi connectivity index (χ4n) is 12.2. The van der Waals surface area contributed by atoms with E-state index in [1.165, 1.54) is 475 Å². The van der Waals surface area contributed by atoms with E-state index in [9.17, 15) is 4.57 Å². The van der Waals surface area contributed by atoms with Crippen LogP contribution in [0.3, 0.4) is 0 Å². The molecule has 0 heterocycles. The summed E-state index contributed by atoms with van der Waals surface area (Å²) >= 11 is 0. The van der Waals surface area contributed by atoms with Gasteiger partial charge in [0.15, 0.2) is 0 Å². The van der Waals surface area contributed by atoms with Crippen molar-refractivity contribution in [3.63, 3.8) is 0 Å². The third-order valence-corrected chi connectivity index (χ3v) is 19.9. The highest BCUT2D eigenvalue weighted by molar-refractivity contribution is 7.33. The molecule has 0 aromatic carbocycles. The zero-order chi connectivity index (χ0) is 72.1. The Hall–Kier alpha value is 0.0200. The van der Waals surface area contributed by atoms with Gasteiger partial charge in [-0.1, -0.05) is 572 Å². The number of unbranched alkanes of at least 4 members (excludes halogenated alkanes) is 68. The van der Waals surface area contributed by atoms with Crippen molar-refractivity contribution < 1.29 is 13.6 Å². The second-order valence-corrected chi connectivity index (χ2v) is 30.8. The normalized spacial score (nSPS) is 10.6. The molecular formula is C92H198O3P+. The maximum atomic E-state index is 11.8. The van der Waals surface area contributed by atoms with Gasteiger partial charge in [0.2, 0.25) is 0 Å². The predicted octanol–water partition coefficient (Wildman–Crippen LogP) is 37.5. The summed E-state index contributed by atoms with van der Waals surface area (Å²) in [7, 11) is -1.91. The van der Waals surface area contributed by atoms with E-state index in [-0.39, 0.29) is 0 Å². The minimum atomic E-state index is -1.91. The Morgan fingerprint density at radius 3 is 0.281 bits per heavy atom. The monoisotopic (exact) mass is 1380 g/mol. The van der Waals surface area contributed by atoms with Gasteiger partial charge in [-0.15, -0.1) is 9.05 Å². The third-order valence-electron chi connectivity index (χ3n) is 19.1. The van der Waals surface area contributed by atoms with E-state index in [4.69, 9.17) is 9.05 Å². The third kappa shape index (κ3) is 141. The van der Waals surface area contributed by atoms with E-state index < -0.39 is 8.25 Å². The second kappa shape index (κ2) is 122. The Labute approximate surface area is 616 Å². The summed E-state index contributed by atoms with van der Waals surface area (Å²) in [6.07, 6.45) is 107. The Kier molecular flexibility index (Phi) is 139. The molecule has 0 saturated heterocycles. The topological polar surface area (TPSA) is 35.5 Å². The Balaban J connectivity index is -0.000000216. The van der Waals surface area contributed by atoms with E-state index in [0.717, 1.165) is 12.8 Å². The van der Waals surface area contributed by atoms with Gasteiger partial charge in [0.1, 0.15) is 13.2 Å². The molecule has 588 valence electrons. The van der Waals surface area contributed by atoms with Crippen LogP contribution in [0.25, 0.3) is 0 Å². The van der Waals surface area contributed by atoms with Crippen molar-refractivity contribution in [2.75, 3.05) is 13.2 Å². The van der Waals surface area contributed by atoms with Gasteiger partial charge in [-0.05, 0) is 12.8 Å². The molecule has 0 aromatic rings. The van der Waals surface area contributed by atoms with Crippen LogP contribution in [0.2, 0.25) is 0 Å². The molecular weight excluding hydrogens is 1180 g/mol. The molecule has 0 aliphatic heterocycles. The Morgan fingerprint density at radius 1 is 0.125 bits per heavy atom. The molecule has 0 aliphatic rings. The predicted molar refractivity (Wildman–Crippen MR) is 450 cm³/mol. The van der Waals surface area contributed by atoms with Gasteiger partial charge in [-0.3, -0.25) is 0 Å². The highest BCUT2D eigenvalue weighted by Crippen LogP contribution is 2.25. The standard InChI is InChI=1S/C32H66O3P.6C10H22/c1-3-5-7-9-11-13-15-17-19-21-23-25-27-29-31-34-36(33)35-32-30-28-26-24-22-20-18-16-14-12-10-8-6-4-2;6*1-3-5-7-9-10-8-6-4-2/h3-32H2,1-2H3;6*3-10H2,1-2H3/q+1;;;;;;. The summed E-state index contributed by atoms with van der Waals surface area (Å²) in [5.41, 5.74) is 0. The molecule has 0 unspecified atom stereocenters. The Bertz CT molecular complexity index is 920. The van der Waals surface area contributed by atoms with Gasteiger partial charge in [0.05, 0.1) is 0 Å². The largest absolute Gasteiger partial charge is 0.697 e. The van der Waals surface area contributed by atoms with Crippen molar-refractivity contribution in [1.29, 1.82) is 0 Å². The smallest absolute Gasteiger partial charge is 0.119 e. The molecule has 0 saturated carbocycles. The summed E-state index contributed by atoms with van der Waals surface area (Å²) in [4.78, 5) is 0. The number of hydrogen-bond acceptors (Lipinski definition) is 3. The number of hydrogen-bond donors (Lipinski definition) is 0. The van der Waals surface area contributed by atoms with E-state index in [1.807, 2.05) is 0 Å². The first-order valence-electron chi connectivity index (χ1n) is 46.0. The van der Waals surface area contributed by atoms with Crippen LogP contribution in [-0.4, -0.2) is 13.2 Å². The van der Waals surface area contributed by atoms with Crippen molar-refractivity contribution in [3.05, 3.63) is 0 Å². The molecule has 0 atom stereocenters. The van der Waals surface area contributed by atoms with Crippen LogP contribution in [0, 0.1) is 0 Å². The van der Waals surface area contributed by atoms with Crippen molar-refractivity contribution in [2.24, 2.45) is 0 Å². The minimum absolute atomic E-state index is 0.575. The van der Waals surface area contributed by atoms with Crippen molar-refractivity contribution in [2.45, 2.75) is 585 Å².